The molecule has 182 valence electrons. The molecule has 3 heterocycles. The summed E-state index contributed by atoms with van der Waals surface area (Å²) in [4.78, 5) is 19.4. The van der Waals surface area contributed by atoms with Crippen LogP contribution in [0.25, 0.3) is 22.2 Å². The van der Waals surface area contributed by atoms with Crippen LogP contribution in [0.1, 0.15) is 5.56 Å². The van der Waals surface area contributed by atoms with E-state index in [-0.39, 0.29) is 0 Å². The maximum absolute atomic E-state index is 10.3. The molecule has 0 radical (unpaired) electrons. The van der Waals surface area contributed by atoms with Crippen LogP contribution in [0.4, 0.5) is 0 Å². The second-order valence-electron chi connectivity index (χ2n) is 8.31. The van der Waals surface area contributed by atoms with Crippen LogP contribution < -0.4 is 4.89 Å². The number of fused-ring (bicyclic) bond motifs is 1. The number of nitrogens with zero attached hydrogens (tertiary/aromatic N) is 3. The summed E-state index contributed by atoms with van der Waals surface area (Å²) >= 11 is 0. The van der Waals surface area contributed by atoms with Crippen molar-refractivity contribution in [2.45, 2.75) is 37.3 Å². The number of aliphatic hydroxyl groups excluding tert-OH is 4. The standard InChI is InChI=1S/C25H25N3O7/c29-13-20-22(30)23(31)24(25(32)33-20)35-34-19-5-1-4-18-21(19)28(14-27-18)12-15-6-8-16(9-7-15)17-3-2-10-26-11-17/h1-11,14,20,22-25,29-32H,12-13H2/t20-,22-,23+,24-,25?/m1/s1. The summed E-state index contributed by atoms with van der Waals surface area (Å²) in [6.45, 7) is -0.0521. The molecule has 1 saturated heterocycles. The fraction of sp³-hybridized carbons (Fsp3) is 0.280. The predicted octanol–water partition coefficient (Wildman–Crippen LogP) is 1.26. The molecular weight excluding hydrogens is 454 g/mol. The number of hydrogen-bond acceptors (Lipinski definition) is 9. The summed E-state index contributed by atoms with van der Waals surface area (Å²) in [6.07, 6.45) is -1.86. The molecule has 4 aromatic rings. The molecule has 35 heavy (non-hydrogen) atoms. The molecule has 1 fully saturated rings. The largest absolute Gasteiger partial charge is 0.394 e. The maximum Gasteiger partial charge on any atom is 0.191 e. The number of rotatable bonds is 7. The summed E-state index contributed by atoms with van der Waals surface area (Å²) in [7, 11) is 0. The molecule has 10 heteroatoms. The topological polar surface area (TPSA) is 139 Å². The molecule has 0 saturated carbocycles. The number of aliphatic hydroxyl groups is 4. The number of ether oxygens (including phenoxy) is 1. The smallest absolute Gasteiger partial charge is 0.191 e. The fourth-order valence-corrected chi connectivity index (χ4v) is 4.10. The molecule has 0 aliphatic carbocycles. The van der Waals surface area contributed by atoms with Crippen LogP contribution in [0.5, 0.6) is 5.75 Å². The zero-order chi connectivity index (χ0) is 24.4. The van der Waals surface area contributed by atoms with E-state index in [4.69, 9.17) is 14.5 Å². The van der Waals surface area contributed by atoms with Crippen molar-refractivity contribution in [1.82, 2.24) is 14.5 Å². The third-order valence-corrected chi connectivity index (χ3v) is 5.99. The average Bonchev–Trinajstić information content (AvgIpc) is 3.30. The van der Waals surface area contributed by atoms with Gasteiger partial charge in [0.2, 0.25) is 0 Å². The Morgan fingerprint density at radius 3 is 2.51 bits per heavy atom. The normalized spacial score (nSPS) is 24.5. The van der Waals surface area contributed by atoms with Crippen molar-refractivity contribution in [2.24, 2.45) is 0 Å². The van der Waals surface area contributed by atoms with E-state index in [1.165, 1.54) is 0 Å². The second-order valence-corrected chi connectivity index (χ2v) is 8.31. The van der Waals surface area contributed by atoms with Crippen molar-refractivity contribution in [3.8, 4) is 16.9 Å². The minimum absolute atomic E-state index is 0.310. The number of pyridine rings is 1. The Hall–Kier alpha value is -3.38. The van der Waals surface area contributed by atoms with Crippen molar-refractivity contribution in [3.63, 3.8) is 0 Å². The molecule has 0 bridgehead atoms. The van der Waals surface area contributed by atoms with E-state index in [1.54, 1.807) is 24.7 Å². The fourth-order valence-electron chi connectivity index (χ4n) is 4.10. The summed E-state index contributed by atoms with van der Waals surface area (Å²) in [5.41, 5.74) is 4.45. The Labute approximate surface area is 200 Å². The van der Waals surface area contributed by atoms with Gasteiger partial charge in [-0.3, -0.25) is 4.98 Å². The third kappa shape index (κ3) is 4.76. The van der Waals surface area contributed by atoms with Crippen LogP contribution in [0, 0.1) is 0 Å². The van der Waals surface area contributed by atoms with Crippen LogP contribution in [0.2, 0.25) is 0 Å². The van der Waals surface area contributed by atoms with E-state index in [0.717, 1.165) is 16.7 Å². The number of hydrogen-bond donors (Lipinski definition) is 4. The lowest BCUT2D eigenvalue weighted by Gasteiger charge is -2.38. The van der Waals surface area contributed by atoms with E-state index in [1.807, 2.05) is 53.2 Å². The molecule has 4 N–H and O–H groups in total. The molecule has 5 atom stereocenters. The minimum Gasteiger partial charge on any atom is -0.394 e. The first-order chi connectivity index (χ1) is 17.0. The summed E-state index contributed by atoms with van der Waals surface area (Å²) in [5, 5.41) is 39.7. The molecule has 5 rings (SSSR count). The molecule has 1 unspecified atom stereocenters. The van der Waals surface area contributed by atoms with Crippen LogP contribution in [0.3, 0.4) is 0 Å². The van der Waals surface area contributed by atoms with Crippen LogP contribution >= 0.6 is 0 Å². The van der Waals surface area contributed by atoms with Gasteiger partial charge < -0.3 is 34.6 Å². The SMILES string of the molecule is OC[C@H]1OC(O)[C@H](OOc2cccc3ncn(Cc4ccc(-c5cccnc5)cc4)c23)[C@@H](O)[C@@H]1O. The van der Waals surface area contributed by atoms with Gasteiger partial charge in [-0.05, 0) is 34.9 Å². The Morgan fingerprint density at radius 1 is 0.943 bits per heavy atom. The summed E-state index contributed by atoms with van der Waals surface area (Å²) < 4.78 is 7.00. The van der Waals surface area contributed by atoms with Crippen molar-refractivity contribution >= 4 is 11.0 Å². The Balaban J connectivity index is 1.34. The Bertz CT molecular complexity index is 1270. The van der Waals surface area contributed by atoms with Crippen molar-refractivity contribution < 1.29 is 34.9 Å². The molecule has 2 aromatic heterocycles. The van der Waals surface area contributed by atoms with E-state index >= 15 is 0 Å². The van der Waals surface area contributed by atoms with Gasteiger partial charge in [-0.15, -0.1) is 0 Å². The molecule has 10 nitrogen and oxygen atoms in total. The first kappa shape index (κ1) is 23.4. The predicted molar refractivity (Wildman–Crippen MR) is 124 cm³/mol. The number of aromatic nitrogens is 3. The van der Waals surface area contributed by atoms with Crippen molar-refractivity contribution in [2.75, 3.05) is 6.61 Å². The molecule has 2 aromatic carbocycles. The Morgan fingerprint density at radius 2 is 1.77 bits per heavy atom. The highest BCUT2D eigenvalue weighted by Gasteiger charge is 2.45. The first-order valence-corrected chi connectivity index (χ1v) is 11.1. The summed E-state index contributed by atoms with van der Waals surface area (Å²) in [5.74, 6) is 0.310. The van der Waals surface area contributed by atoms with Gasteiger partial charge >= 0.3 is 0 Å². The quantitative estimate of drug-likeness (QED) is 0.228. The number of imidazole rings is 1. The zero-order valence-corrected chi connectivity index (χ0v) is 18.6. The van der Waals surface area contributed by atoms with Crippen LogP contribution in [-0.2, 0) is 16.2 Å². The lowest BCUT2D eigenvalue weighted by atomic mass is 9.99. The van der Waals surface area contributed by atoms with Crippen molar-refractivity contribution in [3.05, 3.63) is 78.9 Å². The van der Waals surface area contributed by atoms with E-state index in [2.05, 4.69) is 9.97 Å². The second kappa shape index (κ2) is 10.1. The molecule has 0 spiro atoms. The maximum atomic E-state index is 10.3. The van der Waals surface area contributed by atoms with Gasteiger partial charge in [0, 0.05) is 18.9 Å². The van der Waals surface area contributed by atoms with Gasteiger partial charge in [0.1, 0.15) is 23.8 Å². The lowest BCUT2D eigenvalue weighted by molar-refractivity contribution is -0.364. The third-order valence-electron chi connectivity index (χ3n) is 5.99. The number of benzene rings is 2. The van der Waals surface area contributed by atoms with Gasteiger partial charge in [-0.2, -0.15) is 4.89 Å². The van der Waals surface area contributed by atoms with Crippen LogP contribution in [0.15, 0.2) is 73.3 Å². The number of para-hydroxylation sites is 1. The van der Waals surface area contributed by atoms with Gasteiger partial charge in [-0.1, -0.05) is 36.4 Å². The average molecular weight is 479 g/mol. The van der Waals surface area contributed by atoms with E-state index < -0.39 is 37.3 Å². The first-order valence-electron chi connectivity index (χ1n) is 11.1. The molecule has 1 aliphatic heterocycles. The minimum atomic E-state index is -1.60. The Kier molecular flexibility index (Phi) is 6.73. The van der Waals surface area contributed by atoms with Gasteiger partial charge in [-0.25, -0.2) is 4.98 Å². The van der Waals surface area contributed by atoms with Gasteiger partial charge in [0.05, 0.1) is 18.5 Å². The molecule has 0 amide bonds. The van der Waals surface area contributed by atoms with Gasteiger partial charge in [0.25, 0.3) is 0 Å². The van der Waals surface area contributed by atoms with E-state index in [9.17, 15) is 20.4 Å². The van der Waals surface area contributed by atoms with E-state index in [0.29, 0.717) is 23.3 Å². The zero-order valence-electron chi connectivity index (χ0n) is 18.6. The highest BCUT2D eigenvalue weighted by atomic mass is 17.2. The highest BCUT2D eigenvalue weighted by Crippen LogP contribution is 2.29. The lowest BCUT2D eigenvalue weighted by Crippen LogP contribution is -2.59. The monoisotopic (exact) mass is 479 g/mol. The summed E-state index contributed by atoms with van der Waals surface area (Å²) in [6, 6.07) is 17.2. The highest BCUT2D eigenvalue weighted by molar-refractivity contribution is 5.82. The van der Waals surface area contributed by atoms with Crippen molar-refractivity contribution in [1.29, 1.82) is 0 Å². The van der Waals surface area contributed by atoms with Crippen LogP contribution in [-0.4, -0.2) is 72.3 Å². The molecule has 1 aliphatic rings. The molecular formula is C25H25N3O7. The van der Waals surface area contributed by atoms with Gasteiger partial charge in [0.15, 0.2) is 18.1 Å².